The molecule has 0 radical (unpaired) electrons. The fraction of sp³-hybridized carbons (Fsp3) is 0.316. The van der Waals surface area contributed by atoms with Crippen molar-refractivity contribution >= 4 is 28.9 Å². The number of hydrogen-bond acceptors (Lipinski definition) is 3. The Hall–Kier alpha value is -2.04. The van der Waals surface area contributed by atoms with Crippen molar-refractivity contribution in [3.63, 3.8) is 0 Å². The summed E-state index contributed by atoms with van der Waals surface area (Å²) in [6.07, 6.45) is 0. The second-order valence-electron chi connectivity index (χ2n) is 6.28. The molecule has 24 heavy (non-hydrogen) atoms. The van der Waals surface area contributed by atoms with Gasteiger partial charge in [-0.05, 0) is 44.3 Å². The molecule has 0 spiro atoms. The maximum absolute atomic E-state index is 12.6. The molecule has 2 aromatic carbocycles. The second kappa shape index (κ2) is 7.24. The molecule has 1 fully saturated rings. The lowest BCUT2D eigenvalue weighted by Gasteiger charge is -2.35. The zero-order valence-electron chi connectivity index (χ0n) is 14.1. The summed E-state index contributed by atoms with van der Waals surface area (Å²) in [5.74, 6) is -0.114. The topological polar surface area (TPSA) is 35.6 Å². The molecule has 0 aromatic heterocycles. The Kier molecular flexibility index (Phi) is 5.07. The van der Waals surface area contributed by atoms with Crippen molar-refractivity contribution in [1.82, 2.24) is 4.90 Å². The third-order valence-electron chi connectivity index (χ3n) is 4.33. The molecular weight excluding hydrogens is 322 g/mol. The van der Waals surface area contributed by atoms with Crippen molar-refractivity contribution < 1.29 is 4.79 Å². The van der Waals surface area contributed by atoms with Gasteiger partial charge in [0.05, 0.1) is 11.4 Å². The Morgan fingerprint density at radius 1 is 1.08 bits per heavy atom. The minimum Gasteiger partial charge on any atom is -0.367 e. The van der Waals surface area contributed by atoms with Crippen molar-refractivity contribution in [1.29, 1.82) is 0 Å². The number of carbonyl (C=O) groups excluding carboxylic acids is 1. The first-order chi connectivity index (χ1) is 11.5. The number of halogens is 1. The average Bonchev–Trinajstić information content (AvgIpc) is 2.56. The molecule has 2 aromatic rings. The van der Waals surface area contributed by atoms with Crippen LogP contribution in [0.1, 0.15) is 15.9 Å². The van der Waals surface area contributed by atoms with Gasteiger partial charge in [0, 0.05) is 36.8 Å². The molecule has 0 aliphatic carbocycles. The molecule has 1 aliphatic rings. The zero-order valence-corrected chi connectivity index (χ0v) is 14.8. The normalized spacial score (nSPS) is 15.4. The highest BCUT2D eigenvalue weighted by Gasteiger charge is 2.18. The van der Waals surface area contributed by atoms with E-state index in [0.29, 0.717) is 10.6 Å². The fourth-order valence-electron chi connectivity index (χ4n) is 2.91. The lowest BCUT2D eigenvalue weighted by atomic mass is 10.1. The third kappa shape index (κ3) is 3.89. The molecule has 5 heteroatoms. The van der Waals surface area contributed by atoms with E-state index in [1.165, 1.54) is 0 Å². The van der Waals surface area contributed by atoms with Crippen LogP contribution in [0.15, 0.2) is 42.5 Å². The van der Waals surface area contributed by atoms with Crippen LogP contribution < -0.4 is 10.2 Å². The summed E-state index contributed by atoms with van der Waals surface area (Å²) < 4.78 is 0. The molecule has 0 bridgehead atoms. The summed E-state index contributed by atoms with van der Waals surface area (Å²) in [6.45, 7) is 5.87. The van der Waals surface area contributed by atoms with Gasteiger partial charge >= 0.3 is 0 Å². The van der Waals surface area contributed by atoms with Crippen LogP contribution in [0.3, 0.4) is 0 Å². The van der Waals surface area contributed by atoms with Gasteiger partial charge in [-0.15, -0.1) is 0 Å². The first-order valence-electron chi connectivity index (χ1n) is 8.14. The van der Waals surface area contributed by atoms with E-state index in [0.717, 1.165) is 43.1 Å². The molecule has 3 rings (SSSR count). The molecule has 0 unspecified atom stereocenters. The Morgan fingerprint density at radius 2 is 1.83 bits per heavy atom. The molecule has 126 valence electrons. The van der Waals surface area contributed by atoms with Gasteiger partial charge in [-0.1, -0.05) is 29.3 Å². The third-order valence-corrected chi connectivity index (χ3v) is 4.57. The van der Waals surface area contributed by atoms with E-state index in [9.17, 15) is 4.79 Å². The molecule has 4 nitrogen and oxygen atoms in total. The molecule has 1 saturated heterocycles. The van der Waals surface area contributed by atoms with Gasteiger partial charge in [0.15, 0.2) is 0 Å². The summed E-state index contributed by atoms with van der Waals surface area (Å²) in [7, 11) is 2.12. The van der Waals surface area contributed by atoms with Crippen molar-refractivity contribution in [2.24, 2.45) is 0 Å². The van der Waals surface area contributed by atoms with Crippen molar-refractivity contribution in [2.45, 2.75) is 6.92 Å². The number of carbonyl (C=O) groups is 1. The van der Waals surface area contributed by atoms with Crippen LogP contribution in [0.5, 0.6) is 0 Å². The molecule has 1 heterocycles. The van der Waals surface area contributed by atoms with Crippen LogP contribution in [0.25, 0.3) is 0 Å². The maximum atomic E-state index is 12.6. The van der Waals surface area contributed by atoms with Crippen LogP contribution in [0.4, 0.5) is 11.4 Å². The van der Waals surface area contributed by atoms with Gasteiger partial charge in [0.1, 0.15) is 0 Å². The highest BCUT2D eigenvalue weighted by molar-refractivity contribution is 6.31. The predicted molar refractivity (Wildman–Crippen MR) is 100 cm³/mol. The molecule has 0 atom stereocenters. The number of benzene rings is 2. The predicted octanol–water partition coefficient (Wildman–Crippen LogP) is 3.65. The van der Waals surface area contributed by atoms with Gasteiger partial charge in [0.25, 0.3) is 5.91 Å². The minimum absolute atomic E-state index is 0.114. The van der Waals surface area contributed by atoms with E-state index < -0.39 is 0 Å². The standard InChI is InChI=1S/C19H22ClN3O/c1-14-4-3-5-15(12-14)19(24)21-17-13-16(20)6-7-18(17)23-10-8-22(2)9-11-23/h3-7,12-13H,8-11H2,1-2H3,(H,21,24). The highest BCUT2D eigenvalue weighted by atomic mass is 35.5. The number of nitrogens with one attached hydrogen (secondary N) is 1. The number of piperazine rings is 1. The minimum atomic E-state index is -0.114. The number of amides is 1. The quantitative estimate of drug-likeness (QED) is 0.924. The van der Waals surface area contributed by atoms with Gasteiger partial charge in [0.2, 0.25) is 0 Å². The zero-order chi connectivity index (χ0) is 17.1. The Bertz CT molecular complexity index is 739. The van der Waals surface area contributed by atoms with E-state index in [1.54, 1.807) is 0 Å². The monoisotopic (exact) mass is 343 g/mol. The van der Waals surface area contributed by atoms with E-state index >= 15 is 0 Å². The molecular formula is C19H22ClN3O. The van der Waals surface area contributed by atoms with E-state index in [2.05, 4.69) is 22.2 Å². The number of rotatable bonds is 3. The maximum Gasteiger partial charge on any atom is 0.255 e. The van der Waals surface area contributed by atoms with Gasteiger partial charge in [-0.25, -0.2) is 0 Å². The summed E-state index contributed by atoms with van der Waals surface area (Å²) in [4.78, 5) is 17.2. The van der Waals surface area contributed by atoms with E-state index in [1.807, 2.05) is 49.4 Å². The number of anilines is 2. The molecule has 1 N–H and O–H groups in total. The van der Waals surface area contributed by atoms with Crippen LogP contribution >= 0.6 is 11.6 Å². The summed E-state index contributed by atoms with van der Waals surface area (Å²) in [5.41, 5.74) is 3.50. The van der Waals surface area contributed by atoms with Crippen LogP contribution in [-0.2, 0) is 0 Å². The lowest BCUT2D eigenvalue weighted by Crippen LogP contribution is -2.44. The van der Waals surface area contributed by atoms with Crippen molar-refractivity contribution in [3.8, 4) is 0 Å². The second-order valence-corrected chi connectivity index (χ2v) is 6.71. The Labute approximate surface area is 148 Å². The number of hydrogen-bond donors (Lipinski definition) is 1. The highest BCUT2D eigenvalue weighted by Crippen LogP contribution is 2.30. The molecule has 0 saturated carbocycles. The number of likely N-dealkylation sites (N-methyl/N-ethyl adjacent to an activating group) is 1. The van der Waals surface area contributed by atoms with Gasteiger partial charge < -0.3 is 15.1 Å². The number of aryl methyl sites for hydroxylation is 1. The molecule has 1 aliphatic heterocycles. The Balaban J connectivity index is 1.84. The largest absolute Gasteiger partial charge is 0.367 e. The summed E-state index contributed by atoms with van der Waals surface area (Å²) >= 11 is 6.16. The first kappa shape index (κ1) is 16.8. The SMILES string of the molecule is Cc1cccc(C(=O)Nc2cc(Cl)ccc2N2CCN(C)CC2)c1. The van der Waals surface area contributed by atoms with E-state index in [4.69, 9.17) is 11.6 Å². The van der Waals surface area contributed by atoms with Gasteiger partial charge in [-0.2, -0.15) is 0 Å². The van der Waals surface area contributed by atoms with Crippen LogP contribution in [0, 0.1) is 6.92 Å². The smallest absolute Gasteiger partial charge is 0.255 e. The van der Waals surface area contributed by atoms with Crippen molar-refractivity contribution in [2.75, 3.05) is 43.4 Å². The average molecular weight is 344 g/mol. The lowest BCUT2D eigenvalue weighted by molar-refractivity contribution is 0.102. The Morgan fingerprint density at radius 3 is 2.54 bits per heavy atom. The first-order valence-corrected chi connectivity index (χ1v) is 8.52. The number of nitrogens with zero attached hydrogens (tertiary/aromatic N) is 2. The summed E-state index contributed by atoms with van der Waals surface area (Å²) in [5, 5.41) is 3.64. The van der Waals surface area contributed by atoms with E-state index in [-0.39, 0.29) is 5.91 Å². The van der Waals surface area contributed by atoms with Crippen LogP contribution in [0.2, 0.25) is 5.02 Å². The van der Waals surface area contributed by atoms with Gasteiger partial charge in [-0.3, -0.25) is 4.79 Å². The molecule has 1 amide bonds. The van der Waals surface area contributed by atoms with Crippen LogP contribution in [-0.4, -0.2) is 44.0 Å². The fourth-order valence-corrected chi connectivity index (χ4v) is 3.08. The summed E-state index contributed by atoms with van der Waals surface area (Å²) in [6, 6.07) is 13.3. The van der Waals surface area contributed by atoms with Crippen molar-refractivity contribution in [3.05, 3.63) is 58.6 Å².